The van der Waals surface area contributed by atoms with Crippen molar-refractivity contribution in [2.75, 3.05) is 28.4 Å². The Morgan fingerprint density at radius 3 is 1.38 bits per heavy atom. The first-order chi connectivity index (χ1) is 14.2. The van der Waals surface area contributed by atoms with Crippen molar-refractivity contribution >= 4 is 12.2 Å². The standard InChI is InChI=1S/C25H28O4/c1-26-24(27-2)22-13-16-9-5-7-11-18(16)20(22)15-21-19-12-8-6-10-17(19)14-23(21)25(28-3)29-4/h5-14,20-21,24-25H,15H2,1-4H3. The van der Waals surface area contributed by atoms with Gasteiger partial charge in [-0.25, -0.2) is 0 Å². The van der Waals surface area contributed by atoms with Crippen molar-refractivity contribution < 1.29 is 18.9 Å². The fourth-order valence-electron chi connectivity index (χ4n) is 4.80. The Hall–Kier alpha value is -2.24. The predicted molar refractivity (Wildman–Crippen MR) is 115 cm³/mol. The van der Waals surface area contributed by atoms with Crippen LogP contribution in [0.4, 0.5) is 0 Å². The summed E-state index contributed by atoms with van der Waals surface area (Å²) in [6.07, 6.45) is 4.60. The maximum absolute atomic E-state index is 5.64. The van der Waals surface area contributed by atoms with E-state index in [0.29, 0.717) is 0 Å². The van der Waals surface area contributed by atoms with Gasteiger partial charge in [-0.15, -0.1) is 0 Å². The molecule has 0 aromatic heterocycles. The fraction of sp³-hybridized carbons (Fsp3) is 0.360. The first-order valence-electron chi connectivity index (χ1n) is 9.93. The Balaban J connectivity index is 1.74. The van der Waals surface area contributed by atoms with Crippen molar-refractivity contribution in [1.82, 2.24) is 0 Å². The molecule has 2 unspecified atom stereocenters. The number of ether oxygens (including phenoxy) is 4. The van der Waals surface area contributed by atoms with Crippen LogP contribution in [-0.2, 0) is 18.9 Å². The summed E-state index contributed by atoms with van der Waals surface area (Å²) in [6, 6.07) is 17.1. The first kappa shape index (κ1) is 20.0. The largest absolute Gasteiger partial charge is 0.352 e. The molecule has 2 aliphatic carbocycles. The van der Waals surface area contributed by atoms with Gasteiger partial charge in [0.25, 0.3) is 0 Å². The molecule has 29 heavy (non-hydrogen) atoms. The molecule has 0 radical (unpaired) electrons. The number of hydrogen-bond donors (Lipinski definition) is 0. The predicted octanol–water partition coefficient (Wildman–Crippen LogP) is 4.98. The summed E-state index contributed by atoms with van der Waals surface area (Å²) in [5, 5.41) is 0. The molecular formula is C25H28O4. The summed E-state index contributed by atoms with van der Waals surface area (Å²) in [7, 11) is 6.77. The highest BCUT2D eigenvalue weighted by atomic mass is 16.7. The van der Waals surface area contributed by atoms with E-state index in [2.05, 4.69) is 60.7 Å². The highest BCUT2D eigenvalue weighted by Crippen LogP contribution is 2.49. The third-order valence-corrected chi connectivity index (χ3v) is 6.06. The van der Waals surface area contributed by atoms with Gasteiger partial charge in [0, 0.05) is 40.3 Å². The number of benzene rings is 2. The molecule has 0 heterocycles. The van der Waals surface area contributed by atoms with Crippen LogP contribution in [0.1, 0.15) is 40.5 Å². The van der Waals surface area contributed by atoms with Gasteiger partial charge in [0.15, 0.2) is 12.6 Å². The Morgan fingerprint density at radius 2 is 1.00 bits per heavy atom. The van der Waals surface area contributed by atoms with Crippen molar-refractivity contribution in [3.63, 3.8) is 0 Å². The molecule has 4 rings (SSSR count). The van der Waals surface area contributed by atoms with Crippen LogP contribution in [0, 0.1) is 0 Å². The smallest absolute Gasteiger partial charge is 0.180 e. The molecule has 4 heteroatoms. The molecule has 2 atom stereocenters. The average Bonchev–Trinajstić information content (AvgIpc) is 3.30. The number of hydrogen-bond acceptors (Lipinski definition) is 4. The van der Waals surface area contributed by atoms with Crippen LogP contribution < -0.4 is 0 Å². The molecular weight excluding hydrogens is 364 g/mol. The third-order valence-electron chi connectivity index (χ3n) is 6.06. The van der Waals surface area contributed by atoms with Crippen molar-refractivity contribution in [3.8, 4) is 0 Å². The van der Waals surface area contributed by atoms with Crippen molar-refractivity contribution in [2.45, 2.75) is 30.8 Å². The fourth-order valence-corrected chi connectivity index (χ4v) is 4.80. The Morgan fingerprint density at radius 1 is 0.621 bits per heavy atom. The quantitative estimate of drug-likeness (QED) is 0.594. The molecule has 0 amide bonds. The van der Waals surface area contributed by atoms with Crippen molar-refractivity contribution in [1.29, 1.82) is 0 Å². The van der Waals surface area contributed by atoms with E-state index in [9.17, 15) is 0 Å². The molecule has 152 valence electrons. The second-order valence-electron chi connectivity index (χ2n) is 7.49. The zero-order valence-corrected chi connectivity index (χ0v) is 17.4. The van der Waals surface area contributed by atoms with E-state index < -0.39 is 0 Å². The van der Waals surface area contributed by atoms with Crippen molar-refractivity contribution in [2.24, 2.45) is 0 Å². The summed E-state index contributed by atoms with van der Waals surface area (Å²) in [4.78, 5) is 0. The van der Waals surface area contributed by atoms with Crippen LogP contribution >= 0.6 is 0 Å². The lowest BCUT2D eigenvalue weighted by Crippen LogP contribution is -2.23. The van der Waals surface area contributed by atoms with E-state index in [1.54, 1.807) is 28.4 Å². The van der Waals surface area contributed by atoms with Gasteiger partial charge in [0.2, 0.25) is 0 Å². The van der Waals surface area contributed by atoms with E-state index in [-0.39, 0.29) is 24.4 Å². The zero-order chi connectivity index (χ0) is 20.4. The summed E-state index contributed by atoms with van der Waals surface area (Å²) in [5.74, 6) is 0.398. The molecule has 2 aromatic carbocycles. The molecule has 0 N–H and O–H groups in total. The molecule has 0 spiro atoms. The normalized spacial score (nSPS) is 20.1. The second-order valence-corrected chi connectivity index (χ2v) is 7.49. The molecule has 2 aliphatic rings. The SMILES string of the molecule is COC(OC)C1=Cc2ccccc2C1CC1C(C(OC)OC)=Cc2ccccc21. The van der Waals surface area contributed by atoms with Gasteiger partial charge in [-0.3, -0.25) is 0 Å². The van der Waals surface area contributed by atoms with E-state index >= 15 is 0 Å². The van der Waals surface area contributed by atoms with Gasteiger partial charge in [-0.2, -0.15) is 0 Å². The van der Waals surface area contributed by atoms with Crippen LogP contribution in [0.5, 0.6) is 0 Å². The lowest BCUT2D eigenvalue weighted by Gasteiger charge is -2.28. The van der Waals surface area contributed by atoms with Crippen molar-refractivity contribution in [3.05, 3.63) is 81.9 Å². The van der Waals surface area contributed by atoms with Gasteiger partial charge in [-0.1, -0.05) is 48.5 Å². The maximum Gasteiger partial charge on any atom is 0.180 e. The van der Waals surface area contributed by atoms with Crippen LogP contribution in [0.15, 0.2) is 59.7 Å². The molecule has 0 saturated heterocycles. The number of fused-ring (bicyclic) bond motifs is 2. The van der Waals surface area contributed by atoms with E-state index in [1.807, 2.05) is 0 Å². The van der Waals surface area contributed by atoms with E-state index in [1.165, 1.54) is 22.3 Å². The summed E-state index contributed by atoms with van der Waals surface area (Å²) >= 11 is 0. The van der Waals surface area contributed by atoms with E-state index in [4.69, 9.17) is 18.9 Å². The van der Waals surface area contributed by atoms with Crippen LogP contribution in [0.25, 0.3) is 12.2 Å². The van der Waals surface area contributed by atoms with Gasteiger partial charge in [-0.05, 0) is 52.0 Å². The summed E-state index contributed by atoms with van der Waals surface area (Å²) in [5.41, 5.74) is 7.42. The summed E-state index contributed by atoms with van der Waals surface area (Å²) in [6.45, 7) is 0. The lowest BCUT2D eigenvalue weighted by molar-refractivity contribution is -0.0796. The van der Waals surface area contributed by atoms with Crippen LogP contribution in [-0.4, -0.2) is 41.0 Å². The Labute approximate surface area is 172 Å². The topological polar surface area (TPSA) is 36.9 Å². The minimum absolute atomic E-state index is 0.199. The molecule has 0 bridgehead atoms. The van der Waals surface area contributed by atoms with Gasteiger partial charge in [0.05, 0.1) is 0 Å². The van der Waals surface area contributed by atoms with Gasteiger partial charge >= 0.3 is 0 Å². The zero-order valence-electron chi connectivity index (χ0n) is 17.4. The minimum atomic E-state index is -0.364. The Kier molecular flexibility index (Phi) is 5.97. The monoisotopic (exact) mass is 392 g/mol. The minimum Gasteiger partial charge on any atom is -0.352 e. The highest BCUT2D eigenvalue weighted by Gasteiger charge is 2.37. The van der Waals surface area contributed by atoms with Crippen LogP contribution in [0.2, 0.25) is 0 Å². The van der Waals surface area contributed by atoms with Gasteiger partial charge in [0.1, 0.15) is 0 Å². The van der Waals surface area contributed by atoms with Crippen LogP contribution in [0.3, 0.4) is 0 Å². The first-order valence-corrected chi connectivity index (χ1v) is 9.93. The highest BCUT2D eigenvalue weighted by molar-refractivity contribution is 5.70. The molecule has 0 aliphatic heterocycles. The number of methoxy groups -OCH3 is 4. The molecule has 0 saturated carbocycles. The summed E-state index contributed by atoms with van der Waals surface area (Å²) < 4.78 is 22.6. The lowest BCUT2D eigenvalue weighted by atomic mass is 9.81. The number of rotatable bonds is 8. The average molecular weight is 392 g/mol. The molecule has 0 fully saturated rings. The maximum atomic E-state index is 5.64. The Bertz CT molecular complexity index is 846. The van der Waals surface area contributed by atoms with E-state index in [0.717, 1.165) is 17.6 Å². The molecule has 4 nitrogen and oxygen atoms in total. The third kappa shape index (κ3) is 3.58. The van der Waals surface area contributed by atoms with Gasteiger partial charge < -0.3 is 18.9 Å². The molecule has 2 aromatic rings. The second kappa shape index (κ2) is 8.64.